The number of hydrazine groups is 1. The van der Waals surface area contributed by atoms with Gasteiger partial charge in [0.15, 0.2) is 0 Å². The van der Waals surface area contributed by atoms with Crippen LogP contribution in [-0.4, -0.2) is 0 Å². The summed E-state index contributed by atoms with van der Waals surface area (Å²) in [5.41, 5.74) is 5.67. The summed E-state index contributed by atoms with van der Waals surface area (Å²) in [5, 5.41) is 0. The van der Waals surface area contributed by atoms with Gasteiger partial charge in [-0.05, 0) is 47.9 Å². The maximum Gasteiger partial charge on any atom is 0.123 e. The third kappa shape index (κ3) is 2.77. The number of rotatable bonds is 3. The fourth-order valence-corrected chi connectivity index (χ4v) is 2.35. The summed E-state index contributed by atoms with van der Waals surface area (Å²) >= 11 is 3.44. The number of nitrogens with one attached hydrogen (secondary N) is 1. The molecule has 4 heteroatoms. The number of halogens is 2. The van der Waals surface area contributed by atoms with E-state index in [-0.39, 0.29) is 11.9 Å². The van der Waals surface area contributed by atoms with Crippen molar-refractivity contribution in [1.29, 1.82) is 0 Å². The van der Waals surface area contributed by atoms with Crippen molar-refractivity contribution in [2.24, 2.45) is 5.84 Å². The largest absolute Gasteiger partial charge is 0.271 e. The van der Waals surface area contributed by atoms with Crippen molar-refractivity contribution in [3.05, 3.63) is 69.4 Å². The van der Waals surface area contributed by atoms with Crippen LogP contribution < -0.4 is 11.3 Å². The van der Waals surface area contributed by atoms with Gasteiger partial charge in [-0.3, -0.25) is 5.84 Å². The van der Waals surface area contributed by atoms with Crippen LogP contribution in [0.2, 0.25) is 0 Å². The molecule has 2 nitrogen and oxygen atoms in total. The number of hydrogen-bond donors (Lipinski definition) is 2. The topological polar surface area (TPSA) is 38.0 Å². The highest BCUT2D eigenvalue weighted by Gasteiger charge is 2.15. The lowest BCUT2D eigenvalue weighted by Crippen LogP contribution is -2.29. The Bertz CT molecular complexity index is 557. The lowest BCUT2D eigenvalue weighted by atomic mass is 9.95. The summed E-state index contributed by atoms with van der Waals surface area (Å²) in [7, 11) is 0. The number of aryl methyl sites for hydroxylation is 1. The summed E-state index contributed by atoms with van der Waals surface area (Å²) in [6, 6.07) is 12.2. The highest BCUT2D eigenvalue weighted by Crippen LogP contribution is 2.27. The van der Waals surface area contributed by atoms with E-state index in [9.17, 15) is 4.39 Å². The molecule has 0 fully saturated rings. The van der Waals surface area contributed by atoms with Gasteiger partial charge in [0.1, 0.15) is 5.82 Å². The summed E-state index contributed by atoms with van der Waals surface area (Å²) in [6.07, 6.45) is 0. The zero-order chi connectivity index (χ0) is 13.1. The van der Waals surface area contributed by atoms with Crippen molar-refractivity contribution in [3.8, 4) is 0 Å². The molecule has 18 heavy (non-hydrogen) atoms. The highest BCUT2D eigenvalue weighted by atomic mass is 79.9. The Morgan fingerprint density at radius 1 is 1.22 bits per heavy atom. The van der Waals surface area contributed by atoms with Crippen molar-refractivity contribution >= 4 is 15.9 Å². The minimum absolute atomic E-state index is 0.224. The van der Waals surface area contributed by atoms with Crippen molar-refractivity contribution in [2.75, 3.05) is 0 Å². The lowest BCUT2D eigenvalue weighted by molar-refractivity contribution is 0.604. The summed E-state index contributed by atoms with van der Waals surface area (Å²) in [5.74, 6) is 5.35. The molecule has 0 aromatic heterocycles. The zero-order valence-corrected chi connectivity index (χ0v) is 11.5. The van der Waals surface area contributed by atoms with E-state index >= 15 is 0 Å². The van der Waals surface area contributed by atoms with E-state index in [1.165, 1.54) is 12.1 Å². The molecule has 0 heterocycles. The maximum atomic E-state index is 13.3. The van der Waals surface area contributed by atoms with E-state index in [2.05, 4.69) is 21.4 Å². The van der Waals surface area contributed by atoms with Crippen LogP contribution in [0, 0.1) is 12.7 Å². The Labute approximate surface area is 114 Å². The third-order valence-electron chi connectivity index (χ3n) is 2.90. The first kappa shape index (κ1) is 13.2. The van der Waals surface area contributed by atoms with Crippen LogP contribution in [0.25, 0.3) is 0 Å². The molecule has 2 aromatic carbocycles. The van der Waals surface area contributed by atoms with Gasteiger partial charge < -0.3 is 0 Å². The molecule has 1 atom stereocenters. The summed E-state index contributed by atoms with van der Waals surface area (Å²) < 4.78 is 14.3. The first-order valence-electron chi connectivity index (χ1n) is 5.59. The van der Waals surface area contributed by atoms with Crippen molar-refractivity contribution in [2.45, 2.75) is 13.0 Å². The van der Waals surface area contributed by atoms with Gasteiger partial charge in [0, 0.05) is 4.47 Å². The second kappa shape index (κ2) is 5.61. The molecule has 2 rings (SSSR count). The molecule has 94 valence electrons. The fraction of sp³-hybridized carbons (Fsp3) is 0.143. The molecule has 0 aliphatic rings. The SMILES string of the molecule is Cc1ccc(Br)cc1C(NN)c1cccc(F)c1. The minimum atomic E-state index is -0.264. The molecule has 3 N–H and O–H groups in total. The molecule has 0 saturated heterocycles. The molecule has 2 aromatic rings. The van der Waals surface area contributed by atoms with Gasteiger partial charge in [0.25, 0.3) is 0 Å². The highest BCUT2D eigenvalue weighted by molar-refractivity contribution is 9.10. The smallest absolute Gasteiger partial charge is 0.123 e. The van der Waals surface area contributed by atoms with E-state index in [0.29, 0.717) is 0 Å². The monoisotopic (exact) mass is 308 g/mol. The second-order valence-corrected chi connectivity index (χ2v) is 5.07. The van der Waals surface area contributed by atoms with Gasteiger partial charge in [-0.1, -0.05) is 34.1 Å². The first-order chi connectivity index (χ1) is 8.61. The van der Waals surface area contributed by atoms with Gasteiger partial charge in [-0.15, -0.1) is 0 Å². The standard InChI is InChI=1S/C14H14BrFN2/c1-9-5-6-11(15)8-13(9)14(18-17)10-3-2-4-12(16)7-10/h2-8,14,18H,17H2,1H3. The predicted molar refractivity (Wildman–Crippen MR) is 74.4 cm³/mol. The van der Waals surface area contributed by atoms with E-state index in [4.69, 9.17) is 5.84 Å². The Morgan fingerprint density at radius 2 is 2.00 bits per heavy atom. The zero-order valence-electron chi connectivity index (χ0n) is 9.95. The van der Waals surface area contributed by atoms with Crippen molar-refractivity contribution in [3.63, 3.8) is 0 Å². The molecule has 0 bridgehead atoms. The predicted octanol–water partition coefficient (Wildman–Crippen LogP) is 3.45. The molecule has 1 unspecified atom stereocenters. The van der Waals surface area contributed by atoms with Crippen LogP contribution in [0.1, 0.15) is 22.7 Å². The quantitative estimate of drug-likeness (QED) is 0.673. The number of nitrogens with two attached hydrogens (primary N) is 1. The first-order valence-corrected chi connectivity index (χ1v) is 6.39. The average molecular weight is 309 g/mol. The van der Waals surface area contributed by atoms with E-state index < -0.39 is 0 Å². The minimum Gasteiger partial charge on any atom is -0.271 e. The average Bonchev–Trinajstić information content (AvgIpc) is 2.35. The van der Waals surface area contributed by atoms with Gasteiger partial charge in [-0.2, -0.15) is 0 Å². The van der Waals surface area contributed by atoms with Gasteiger partial charge in [0.05, 0.1) is 6.04 Å². The van der Waals surface area contributed by atoms with Crippen LogP contribution >= 0.6 is 15.9 Å². The van der Waals surface area contributed by atoms with Crippen LogP contribution in [0.3, 0.4) is 0 Å². The molecule has 0 saturated carbocycles. The number of benzene rings is 2. The van der Waals surface area contributed by atoms with E-state index in [0.717, 1.165) is 21.2 Å². The van der Waals surface area contributed by atoms with Crippen LogP contribution in [0.4, 0.5) is 4.39 Å². The van der Waals surface area contributed by atoms with Gasteiger partial charge >= 0.3 is 0 Å². The Balaban J connectivity index is 2.48. The summed E-state index contributed by atoms with van der Waals surface area (Å²) in [6.45, 7) is 2.01. The molecule has 0 aliphatic carbocycles. The summed E-state index contributed by atoms with van der Waals surface area (Å²) in [4.78, 5) is 0. The van der Waals surface area contributed by atoms with E-state index in [1.807, 2.05) is 31.2 Å². The maximum absolute atomic E-state index is 13.3. The fourth-order valence-electron chi connectivity index (χ4n) is 1.97. The van der Waals surface area contributed by atoms with Gasteiger partial charge in [0.2, 0.25) is 0 Å². The molecule has 0 aliphatic heterocycles. The number of hydrogen-bond acceptors (Lipinski definition) is 2. The molecule has 0 spiro atoms. The third-order valence-corrected chi connectivity index (χ3v) is 3.39. The van der Waals surface area contributed by atoms with Gasteiger partial charge in [-0.25, -0.2) is 9.82 Å². The lowest BCUT2D eigenvalue weighted by Gasteiger charge is -2.19. The molecule has 0 radical (unpaired) electrons. The molecule has 0 amide bonds. The van der Waals surface area contributed by atoms with Crippen molar-refractivity contribution < 1.29 is 4.39 Å². The molecular weight excluding hydrogens is 295 g/mol. The Kier molecular flexibility index (Phi) is 4.11. The van der Waals surface area contributed by atoms with Crippen molar-refractivity contribution in [1.82, 2.24) is 5.43 Å². The van der Waals surface area contributed by atoms with Crippen LogP contribution in [0.5, 0.6) is 0 Å². The Morgan fingerprint density at radius 3 is 2.67 bits per heavy atom. The Hall–Kier alpha value is -1.23. The normalized spacial score (nSPS) is 12.4. The van der Waals surface area contributed by atoms with Crippen LogP contribution in [-0.2, 0) is 0 Å². The van der Waals surface area contributed by atoms with Crippen LogP contribution in [0.15, 0.2) is 46.9 Å². The molecular formula is C14H14BrFN2. The van der Waals surface area contributed by atoms with E-state index in [1.54, 1.807) is 6.07 Å². The second-order valence-electron chi connectivity index (χ2n) is 4.16.